The third-order valence-electron chi connectivity index (χ3n) is 4.47. The van der Waals surface area contributed by atoms with Crippen molar-refractivity contribution < 1.29 is 14.3 Å². The zero-order chi connectivity index (χ0) is 18.7. The van der Waals surface area contributed by atoms with E-state index in [-0.39, 0.29) is 11.8 Å². The Morgan fingerprint density at radius 2 is 2.23 bits per heavy atom. The van der Waals surface area contributed by atoms with E-state index in [0.29, 0.717) is 40.9 Å². The Balaban J connectivity index is 1.72. The molecule has 1 aliphatic rings. The first-order valence-corrected chi connectivity index (χ1v) is 8.79. The molecule has 0 aliphatic carbocycles. The first-order valence-electron chi connectivity index (χ1n) is 8.42. The van der Waals surface area contributed by atoms with Crippen LogP contribution < -0.4 is 15.4 Å². The summed E-state index contributed by atoms with van der Waals surface area (Å²) < 4.78 is 6.98. The number of hydrogen-bond donors (Lipinski definition) is 2. The average Bonchev–Trinajstić information content (AvgIpc) is 3.03. The van der Waals surface area contributed by atoms with E-state index in [0.717, 1.165) is 18.7 Å². The van der Waals surface area contributed by atoms with Crippen LogP contribution in [0.4, 0.5) is 5.69 Å². The number of aromatic nitrogens is 2. The summed E-state index contributed by atoms with van der Waals surface area (Å²) in [7, 11) is 1.54. The van der Waals surface area contributed by atoms with Crippen molar-refractivity contribution in [1.29, 1.82) is 0 Å². The number of fused-ring (bicyclic) bond motifs is 1. The summed E-state index contributed by atoms with van der Waals surface area (Å²) in [5.74, 6) is 0.574. The summed E-state index contributed by atoms with van der Waals surface area (Å²) >= 11 is 6.11. The molecule has 1 aliphatic heterocycles. The van der Waals surface area contributed by atoms with E-state index in [1.807, 2.05) is 4.68 Å². The Labute approximate surface area is 156 Å². The van der Waals surface area contributed by atoms with E-state index in [1.54, 1.807) is 24.4 Å². The van der Waals surface area contributed by atoms with Crippen LogP contribution in [0.5, 0.6) is 5.75 Å². The van der Waals surface area contributed by atoms with Crippen LogP contribution in [0.3, 0.4) is 0 Å². The molecule has 0 saturated carbocycles. The van der Waals surface area contributed by atoms with Gasteiger partial charge >= 0.3 is 0 Å². The van der Waals surface area contributed by atoms with Gasteiger partial charge in [0.15, 0.2) is 0 Å². The molecule has 0 unspecified atom stereocenters. The number of rotatable bonds is 5. The van der Waals surface area contributed by atoms with Crippen LogP contribution in [0.25, 0.3) is 0 Å². The van der Waals surface area contributed by atoms with Crippen molar-refractivity contribution in [2.45, 2.75) is 26.3 Å². The molecular formula is C18H21ClN4O3. The first kappa shape index (κ1) is 18.3. The molecule has 1 aromatic carbocycles. The third-order valence-corrected chi connectivity index (χ3v) is 4.77. The molecule has 2 amide bonds. The summed E-state index contributed by atoms with van der Waals surface area (Å²) in [6.07, 6.45) is 3.22. The fourth-order valence-electron chi connectivity index (χ4n) is 3.09. The second-order valence-electron chi connectivity index (χ2n) is 6.33. The summed E-state index contributed by atoms with van der Waals surface area (Å²) in [6, 6.07) is 5.08. The fraction of sp³-hybridized carbons (Fsp3) is 0.389. The summed E-state index contributed by atoms with van der Waals surface area (Å²) in [5, 5.41) is 10.4. The van der Waals surface area contributed by atoms with Crippen LogP contribution in [0, 0.1) is 5.92 Å². The molecule has 0 spiro atoms. The maximum atomic E-state index is 12.7. The lowest BCUT2D eigenvalue weighted by atomic mass is 9.94. The molecule has 2 aromatic rings. The largest absolute Gasteiger partial charge is 0.495 e. The minimum atomic E-state index is -0.229. The monoisotopic (exact) mass is 376 g/mol. The number of benzene rings is 1. The molecule has 2 heterocycles. The lowest BCUT2D eigenvalue weighted by Gasteiger charge is -2.24. The molecule has 7 nitrogen and oxygen atoms in total. The van der Waals surface area contributed by atoms with E-state index in [2.05, 4.69) is 15.7 Å². The van der Waals surface area contributed by atoms with E-state index >= 15 is 0 Å². The maximum Gasteiger partial charge on any atom is 0.259 e. The molecule has 138 valence electrons. The first-order chi connectivity index (χ1) is 12.5. The highest BCUT2D eigenvalue weighted by Crippen LogP contribution is 2.28. The number of hydrogen-bond acceptors (Lipinski definition) is 4. The Morgan fingerprint density at radius 3 is 2.92 bits per heavy atom. The Hall–Kier alpha value is -2.54. The quantitative estimate of drug-likeness (QED) is 0.839. The minimum Gasteiger partial charge on any atom is -0.495 e. The second kappa shape index (κ2) is 7.78. The van der Waals surface area contributed by atoms with Crippen molar-refractivity contribution in [3.8, 4) is 5.75 Å². The van der Waals surface area contributed by atoms with Crippen molar-refractivity contribution in [1.82, 2.24) is 15.1 Å². The summed E-state index contributed by atoms with van der Waals surface area (Å²) in [4.78, 5) is 23.8. The van der Waals surface area contributed by atoms with Crippen LogP contribution in [-0.4, -0.2) is 35.2 Å². The van der Waals surface area contributed by atoms with Crippen LogP contribution in [0.2, 0.25) is 5.02 Å². The third kappa shape index (κ3) is 3.99. The van der Waals surface area contributed by atoms with Gasteiger partial charge in [-0.05, 0) is 37.0 Å². The van der Waals surface area contributed by atoms with E-state index in [1.165, 1.54) is 14.0 Å². The number of ether oxygens (including phenoxy) is 1. The maximum absolute atomic E-state index is 12.7. The molecule has 1 atom stereocenters. The molecule has 2 N–H and O–H groups in total. The molecule has 0 fully saturated rings. The van der Waals surface area contributed by atoms with Crippen molar-refractivity contribution in [2.75, 3.05) is 19.0 Å². The average molecular weight is 377 g/mol. The van der Waals surface area contributed by atoms with E-state index in [4.69, 9.17) is 16.3 Å². The number of halogens is 1. The van der Waals surface area contributed by atoms with Crippen LogP contribution in [0.1, 0.15) is 29.4 Å². The highest BCUT2D eigenvalue weighted by atomic mass is 35.5. The van der Waals surface area contributed by atoms with Gasteiger partial charge in [-0.1, -0.05) is 11.6 Å². The Kier molecular flexibility index (Phi) is 5.46. The molecule has 26 heavy (non-hydrogen) atoms. The minimum absolute atomic E-state index is 0.0431. The van der Waals surface area contributed by atoms with Gasteiger partial charge in [-0.15, -0.1) is 0 Å². The van der Waals surface area contributed by atoms with Gasteiger partial charge in [0.2, 0.25) is 5.91 Å². The molecule has 0 saturated heterocycles. The Bertz CT molecular complexity index is 834. The van der Waals surface area contributed by atoms with Crippen molar-refractivity contribution in [2.24, 2.45) is 5.92 Å². The van der Waals surface area contributed by atoms with Gasteiger partial charge in [-0.25, -0.2) is 0 Å². The van der Waals surface area contributed by atoms with Crippen molar-refractivity contribution in [3.63, 3.8) is 0 Å². The zero-order valence-electron chi connectivity index (χ0n) is 14.7. The highest BCUT2D eigenvalue weighted by Gasteiger charge is 2.25. The summed E-state index contributed by atoms with van der Waals surface area (Å²) in [5.41, 5.74) is 2.03. The van der Waals surface area contributed by atoms with Gasteiger partial charge < -0.3 is 15.4 Å². The summed E-state index contributed by atoms with van der Waals surface area (Å²) in [6.45, 7) is 2.85. The number of anilines is 1. The number of amides is 2. The van der Waals surface area contributed by atoms with Crippen LogP contribution in [0.15, 0.2) is 24.4 Å². The van der Waals surface area contributed by atoms with Crippen LogP contribution in [-0.2, 0) is 17.8 Å². The second-order valence-corrected chi connectivity index (χ2v) is 6.73. The van der Waals surface area contributed by atoms with Gasteiger partial charge in [0.1, 0.15) is 5.75 Å². The normalized spacial score (nSPS) is 15.9. The molecule has 0 bridgehead atoms. The molecule has 8 heteroatoms. The van der Waals surface area contributed by atoms with Crippen LogP contribution >= 0.6 is 11.6 Å². The highest BCUT2D eigenvalue weighted by molar-refractivity contribution is 6.32. The van der Waals surface area contributed by atoms with Gasteiger partial charge in [0.25, 0.3) is 5.91 Å². The topological polar surface area (TPSA) is 85.2 Å². The number of nitrogens with one attached hydrogen (secondary N) is 2. The van der Waals surface area contributed by atoms with Gasteiger partial charge in [-0.2, -0.15) is 5.10 Å². The Morgan fingerprint density at radius 1 is 1.42 bits per heavy atom. The van der Waals surface area contributed by atoms with Gasteiger partial charge in [0, 0.05) is 25.7 Å². The smallest absolute Gasteiger partial charge is 0.259 e. The fourth-order valence-corrected chi connectivity index (χ4v) is 3.35. The predicted molar refractivity (Wildman–Crippen MR) is 98.7 cm³/mol. The number of carbonyl (C=O) groups excluding carboxylic acids is 2. The number of methoxy groups -OCH3 is 1. The molecular weight excluding hydrogens is 356 g/mol. The van der Waals surface area contributed by atoms with Gasteiger partial charge in [0.05, 0.1) is 29.6 Å². The van der Waals surface area contributed by atoms with Crippen molar-refractivity contribution in [3.05, 3.63) is 40.7 Å². The number of nitrogens with zero attached hydrogens (tertiary/aromatic N) is 2. The lowest BCUT2D eigenvalue weighted by molar-refractivity contribution is -0.119. The predicted octanol–water partition coefficient (Wildman–Crippen LogP) is 2.50. The van der Waals surface area contributed by atoms with Crippen molar-refractivity contribution >= 4 is 29.1 Å². The molecule has 0 radical (unpaired) electrons. The molecule has 1 aromatic heterocycles. The van der Waals surface area contributed by atoms with E-state index < -0.39 is 0 Å². The molecule has 3 rings (SSSR count). The SMILES string of the molecule is COc1ccc(NC(=O)c2cnn3c2C[C@H](CNC(C)=O)CC3)cc1Cl. The van der Waals surface area contributed by atoms with Gasteiger partial charge in [-0.3, -0.25) is 14.3 Å². The number of aryl methyl sites for hydroxylation is 1. The zero-order valence-corrected chi connectivity index (χ0v) is 15.5. The lowest BCUT2D eigenvalue weighted by Crippen LogP contribution is -2.32. The number of carbonyl (C=O) groups is 2. The standard InChI is InChI=1S/C18H21ClN4O3/c1-11(24)20-9-12-5-6-23-16(7-12)14(10-21-23)18(25)22-13-3-4-17(26-2)15(19)8-13/h3-4,8,10,12H,5-7,9H2,1-2H3,(H,20,24)(H,22,25)/t12-/m1/s1. The van der Waals surface area contributed by atoms with E-state index in [9.17, 15) is 9.59 Å².